The topological polar surface area (TPSA) is 170 Å². The summed E-state index contributed by atoms with van der Waals surface area (Å²) in [6.45, 7) is 1.36. The summed E-state index contributed by atoms with van der Waals surface area (Å²) in [6.07, 6.45) is 3.44. The Labute approximate surface area is 235 Å². The number of fused-ring (bicyclic) bond motifs is 1. The monoisotopic (exact) mass is 580 g/mol. The molecule has 216 valence electrons. The molecular formula is C26H23F3N10O3. The van der Waals surface area contributed by atoms with Gasteiger partial charge in [-0.05, 0) is 18.9 Å². The maximum atomic E-state index is 13.2. The van der Waals surface area contributed by atoms with Crippen LogP contribution in [0.1, 0.15) is 46.1 Å². The van der Waals surface area contributed by atoms with Crippen molar-refractivity contribution < 1.29 is 27.9 Å². The zero-order chi connectivity index (χ0) is 29.6. The summed E-state index contributed by atoms with van der Waals surface area (Å²) in [5.74, 6) is -4.15. The molecule has 0 bridgehead atoms. The zero-order valence-electron chi connectivity index (χ0n) is 21.9. The van der Waals surface area contributed by atoms with Crippen molar-refractivity contribution in [2.24, 2.45) is 0 Å². The van der Waals surface area contributed by atoms with E-state index in [9.17, 15) is 28.0 Å². The number of aromatic carboxylic acids is 1. The number of rotatable bonds is 6. The molecule has 0 aromatic carbocycles. The van der Waals surface area contributed by atoms with Gasteiger partial charge in [0.25, 0.3) is 5.91 Å². The molecule has 2 aliphatic rings. The molecule has 2 fully saturated rings. The largest absolute Gasteiger partial charge is 0.477 e. The van der Waals surface area contributed by atoms with Crippen LogP contribution in [0.2, 0.25) is 0 Å². The minimum absolute atomic E-state index is 0.119. The van der Waals surface area contributed by atoms with E-state index >= 15 is 0 Å². The van der Waals surface area contributed by atoms with Crippen molar-refractivity contribution in [2.45, 2.75) is 37.0 Å². The third kappa shape index (κ3) is 4.81. The average Bonchev–Trinajstić information content (AvgIpc) is 3.64. The van der Waals surface area contributed by atoms with Crippen molar-refractivity contribution >= 4 is 22.9 Å². The summed E-state index contributed by atoms with van der Waals surface area (Å²) in [6, 6.07) is 5.05. The predicted octanol–water partition coefficient (Wildman–Crippen LogP) is 2.56. The zero-order valence-corrected chi connectivity index (χ0v) is 21.9. The second-order valence-electron chi connectivity index (χ2n) is 10.4. The lowest BCUT2D eigenvalue weighted by Gasteiger charge is -2.52. The molecule has 1 aliphatic carbocycles. The molecule has 0 unspecified atom stereocenters. The molecule has 42 heavy (non-hydrogen) atoms. The Morgan fingerprint density at radius 3 is 2.57 bits per heavy atom. The lowest BCUT2D eigenvalue weighted by atomic mass is 9.70. The van der Waals surface area contributed by atoms with Gasteiger partial charge in [0.2, 0.25) is 5.82 Å². The summed E-state index contributed by atoms with van der Waals surface area (Å²) in [5.41, 5.74) is 0.231. The SMILES string of the molecule is N#CC[C@]1(n2cc(-c3ncnc4[nH]ccc34)cn2)C[C@H](N2CCN(C(=O)c3cc(C(=O)O)nc(C(F)(F)F)n3)CC2)C1. The van der Waals surface area contributed by atoms with Crippen LogP contribution in [0.3, 0.4) is 0 Å². The smallest absolute Gasteiger partial charge is 0.451 e. The maximum Gasteiger partial charge on any atom is 0.451 e. The highest BCUT2D eigenvalue weighted by atomic mass is 19.4. The van der Waals surface area contributed by atoms with Crippen LogP contribution >= 0.6 is 0 Å². The molecule has 13 nitrogen and oxygen atoms in total. The molecule has 0 radical (unpaired) electrons. The van der Waals surface area contributed by atoms with Crippen LogP contribution in [0.5, 0.6) is 0 Å². The van der Waals surface area contributed by atoms with E-state index in [4.69, 9.17) is 5.11 Å². The third-order valence-corrected chi connectivity index (χ3v) is 7.87. The van der Waals surface area contributed by atoms with Crippen LogP contribution < -0.4 is 0 Å². The highest BCUT2D eigenvalue weighted by Gasteiger charge is 2.49. The van der Waals surface area contributed by atoms with Gasteiger partial charge in [-0.1, -0.05) is 0 Å². The Morgan fingerprint density at radius 1 is 1.14 bits per heavy atom. The number of aromatic amines is 1. The number of amides is 1. The van der Waals surface area contributed by atoms with Crippen LogP contribution in [0.25, 0.3) is 22.3 Å². The second kappa shape index (κ2) is 10.2. The van der Waals surface area contributed by atoms with E-state index in [1.54, 1.807) is 12.4 Å². The number of H-pyrrole nitrogens is 1. The number of hydrogen-bond acceptors (Lipinski definition) is 9. The van der Waals surface area contributed by atoms with Crippen molar-refractivity contribution in [2.75, 3.05) is 26.2 Å². The fraction of sp³-hybridized carbons (Fsp3) is 0.385. The molecule has 4 aromatic heterocycles. The normalized spacial score (nSPS) is 21.2. The number of nitriles is 1. The van der Waals surface area contributed by atoms with E-state index in [1.807, 2.05) is 16.9 Å². The lowest BCUT2D eigenvalue weighted by Crippen LogP contribution is -2.60. The van der Waals surface area contributed by atoms with Crippen molar-refractivity contribution in [3.63, 3.8) is 0 Å². The van der Waals surface area contributed by atoms with Crippen LogP contribution in [0, 0.1) is 11.3 Å². The van der Waals surface area contributed by atoms with Gasteiger partial charge in [0.15, 0.2) is 5.69 Å². The van der Waals surface area contributed by atoms with Gasteiger partial charge in [-0.25, -0.2) is 24.7 Å². The molecule has 16 heteroatoms. The summed E-state index contributed by atoms with van der Waals surface area (Å²) < 4.78 is 41.4. The average molecular weight is 581 g/mol. The highest BCUT2D eigenvalue weighted by Crippen LogP contribution is 2.45. The minimum atomic E-state index is -5.00. The number of carboxylic acids is 1. The highest BCUT2D eigenvalue weighted by molar-refractivity contribution is 5.95. The second-order valence-corrected chi connectivity index (χ2v) is 10.4. The van der Waals surface area contributed by atoms with Crippen molar-refractivity contribution in [1.82, 2.24) is 44.5 Å². The van der Waals surface area contributed by atoms with Gasteiger partial charge in [0.05, 0.1) is 29.9 Å². The molecule has 1 aliphatic heterocycles. The minimum Gasteiger partial charge on any atom is -0.477 e. The number of carbonyl (C=O) groups is 2. The quantitative estimate of drug-likeness (QED) is 0.346. The number of aromatic nitrogens is 7. The molecule has 1 amide bonds. The summed E-state index contributed by atoms with van der Waals surface area (Å²) >= 11 is 0. The molecule has 5 heterocycles. The first-order chi connectivity index (χ1) is 20.1. The molecular weight excluding hydrogens is 557 g/mol. The first kappa shape index (κ1) is 27.3. The van der Waals surface area contributed by atoms with E-state index in [2.05, 4.69) is 41.0 Å². The van der Waals surface area contributed by atoms with Crippen molar-refractivity contribution in [3.8, 4) is 17.3 Å². The lowest BCUT2D eigenvalue weighted by molar-refractivity contribution is -0.145. The van der Waals surface area contributed by atoms with E-state index in [1.165, 1.54) is 11.2 Å². The third-order valence-electron chi connectivity index (χ3n) is 7.87. The van der Waals surface area contributed by atoms with E-state index in [-0.39, 0.29) is 25.6 Å². The van der Waals surface area contributed by atoms with Gasteiger partial charge in [-0.15, -0.1) is 0 Å². The Morgan fingerprint density at radius 2 is 1.88 bits per heavy atom. The number of halogens is 3. The molecule has 0 atom stereocenters. The van der Waals surface area contributed by atoms with Crippen LogP contribution in [-0.2, 0) is 11.7 Å². The van der Waals surface area contributed by atoms with E-state index < -0.39 is 40.8 Å². The Bertz CT molecular complexity index is 1710. The Balaban J connectivity index is 1.12. The van der Waals surface area contributed by atoms with Crippen LogP contribution in [0.4, 0.5) is 13.2 Å². The van der Waals surface area contributed by atoms with E-state index in [0.29, 0.717) is 31.6 Å². The van der Waals surface area contributed by atoms with Gasteiger partial charge in [-0.2, -0.15) is 23.5 Å². The first-order valence-electron chi connectivity index (χ1n) is 13.0. The molecule has 1 saturated carbocycles. The molecule has 4 aromatic rings. The predicted molar refractivity (Wildman–Crippen MR) is 138 cm³/mol. The van der Waals surface area contributed by atoms with Crippen molar-refractivity contribution in [3.05, 3.63) is 54.3 Å². The van der Waals surface area contributed by atoms with E-state index in [0.717, 1.165) is 22.7 Å². The molecule has 0 spiro atoms. The fourth-order valence-corrected chi connectivity index (χ4v) is 5.69. The van der Waals surface area contributed by atoms with Gasteiger partial charge >= 0.3 is 12.1 Å². The van der Waals surface area contributed by atoms with Crippen molar-refractivity contribution in [1.29, 1.82) is 5.26 Å². The van der Waals surface area contributed by atoms with Gasteiger partial charge in [0, 0.05) is 61.6 Å². The number of hydrogen-bond donors (Lipinski definition) is 2. The standard InChI is InChI=1S/C26H23F3N10O3/c27-26(28,29)24-35-18(9-19(36-24)23(41)42)22(40)38-7-5-37(6-8-38)16-10-25(11-16,2-3-30)39-13-15(12-34-39)20-17-1-4-31-21(17)33-14-32-20/h1,4,9,12-14,16H,2,5-8,10-11H2,(H,41,42)(H,31,32,33)/t16-,25-. The van der Waals surface area contributed by atoms with Crippen LogP contribution in [0.15, 0.2) is 37.1 Å². The number of nitrogens with one attached hydrogen (secondary N) is 1. The molecule has 6 rings (SSSR count). The first-order valence-corrected chi connectivity index (χ1v) is 13.0. The van der Waals surface area contributed by atoms with Gasteiger partial charge in [-0.3, -0.25) is 14.4 Å². The maximum absolute atomic E-state index is 13.2. The number of carboxylic acid groups (broad SMARTS) is 1. The summed E-state index contributed by atoms with van der Waals surface area (Å²) in [4.78, 5) is 45.8. The van der Waals surface area contributed by atoms with Gasteiger partial charge < -0.3 is 15.0 Å². The Hall–Kier alpha value is -4.91. The fourth-order valence-electron chi connectivity index (χ4n) is 5.69. The van der Waals surface area contributed by atoms with Crippen LogP contribution in [-0.4, -0.2) is 93.7 Å². The number of nitrogens with zero attached hydrogens (tertiary/aromatic N) is 9. The number of alkyl halides is 3. The Kier molecular flexibility index (Phi) is 6.61. The summed E-state index contributed by atoms with van der Waals surface area (Å²) in [5, 5.41) is 24.2. The number of piperazine rings is 1. The van der Waals surface area contributed by atoms with Gasteiger partial charge in [0.1, 0.15) is 17.7 Å². The number of carbonyl (C=O) groups excluding carboxylic acids is 1. The molecule has 2 N–H and O–H groups in total. The molecule has 1 saturated heterocycles. The summed E-state index contributed by atoms with van der Waals surface area (Å²) in [7, 11) is 0.